The molecule has 4 aromatic rings. The van der Waals surface area contributed by atoms with Crippen LogP contribution in [0.4, 0.5) is 15.2 Å². The van der Waals surface area contributed by atoms with Crippen molar-refractivity contribution in [1.82, 2.24) is 20.1 Å². The van der Waals surface area contributed by atoms with Crippen LogP contribution in [-0.4, -0.2) is 108 Å². The van der Waals surface area contributed by atoms with Gasteiger partial charge in [0.15, 0.2) is 5.13 Å². The second-order valence-corrected chi connectivity index (χ2v) is 14.3. The molecular formula is C41H37FN6O10S. The van der Waals surface area contributed by atoms with Crippen molar-refractivity contribution >= 4 is 57.6 Å². The maximum atomic E-state index is 14.3. The van der Waals surface area contributed by atoms with Gasteiger partial charge in [0.2, 0.25) is 11.8 Å². The Balaban J connectivity index is 0.830. The van der Waals surface area contributed by atoms with Crippen molar-refractivity contribution in [2.75, 3.05) is 56.8 Å². The molecule has 16 nitrogen and oxygen atoms in total. The van der Waals surface area contributed by atoms with Gasteiger partial charge in [-0.05, 0) is 48.4 Å². The van der Waals surface area contributed by atoms with Crippen LogP contribution in [0, 0.1) is 17.7 Å². The van der Waals surface area contributed by atoms with E-state index >= 15 is 0 Å². The highest BCUT2D eigenvalue weighted by Gasteiger charge is 2.46. The lowest BCUT2D eigenvalue weighted by molar-refractivity contribution is -0.136. The second kappa shape index (κ2) is 18.4. The van der Waals surface area contributed by atoms with E-state index in [0.29, 0.717) is 28.9 Å². The molecule has 1 aromatic heterocycles. The molecule has 1 unspecified atom stereocenters. The van der Waals surface area contributed by atoms with Gasteiger partial charge in [-0.15, -0.1) is 11.3 Å². The maximum Gasteiger partial charge on any atom is 0.264 e. The number of aromatic hydroxyl groups is 1. The largest absolute Gasteiger partial charge is 0.508 e. The maximum absolute atomic E-state index is 14.3. The number of nitrogens with zero attached hydrogens (tertiary/aromatic N) is 3. The SMILES string of the molecule is O=C1CCC(N2C(=O)c3cccc(NCCOCCOCCOCC#Cc4cccc5c4C(=O)N([C@@H](C(=O)Nc4nccs4)c4cc(F)ccc4O)C5)c3C2=O)C(=O)N1. The van der Waals surface area contributed by atoms with Crippen molar-refractivity contribution in [2.24, 2.45) is 0 Å². The van der Waals surface area contributed by atoms with Gasteiger partial charge in [-0.2, -0.15) is 0 Å². The average Bonchev–Trinajstić information content (AvgIpc) is 3.92. The Hall–Kier alpha value is -6.52. The molecule has 59 heavy (non-hydrogen) atoms. The summed E-state index contributed by atoms with van der Waals surface area (Å²) in [4.78, 5) is 83.8. The number of amides is 6. The number of carbonyl (C=O) groups is 6. The summed E-state index contributed by atoms with van der Waals surface area (Å²) in [6.45, 7) is 1.75. The number of hydrogen-bond donors (Lipinski definition) is 4. The number of phenols is 1. The number of halogens is 1. The van der Waals surface area contributed by atoms with Crippen LogP contribution < -0.4 is 16.0 Å². The Labute approximate surface area is 340 Å². The number of aromatic nitrogens is 1. The number of rotatable bonds is 16. The van der Waals surface area contributed by atoms with Gasteiger partial charge in [0.1, 0.15) is 30.3 Å². The summed E-state index contributed by atoms with van der Waals surface area (Å²) >= 11 is 1.17. The first kappa shape index (κ1) is 40.7. The third kappa shape index (κ3) is 8.98. The number of hydrogen-bond acceptors (Lipinski definition) is 13. The van der Waals surface area contributed by atoms with Crippen molar-refractivity contribution in [2.45, 2.75) is 31.5 Å². The minimum atomic E-state index is -1.36. The van der Waals surface area contributed by atoms with Crippen molar-refractivity contribution in [3.05, 3.63) is 105 Å². The molecule has 4 N–H and O–H groups in total. The van der Waals surface area contributed by atoms with Gasteiger partial charge >= 0.3 is 0 Å². The number of anilines is 2. The van der Waals surface area contributed by atoms with Crippen LogP contribution in [0.1, 0.15) is 66.6 Å². The zero-order chi connectivity index (χ0) is 41.5. The number of phenolic OH excluding ortho intramolecular Hbond substituents is 1. The third-order valence-corrected chi connectivity index (χ3v) is 10.3. The van der Waals surface area contributed by atoms with E-state index < -0.39 is 53.3 Å². The van der Waals surface area contributed by atoms with Gasteiger partial charge in [-0.25, -0.2) is 9.37 Å². The molecule has 4 heterocycles. The van der Waals surface area contributed by atoms with Crippen LogP contribution in [0.2, 0.25) is 0 Å². The fourth-order valence-electron chi connectivity index (χ4n) is 6.96. The summed E-state index contributed by atoms with van der Waals surface area (Å²) in [6.07, 6.45) is 1.62. The minimum absolute atomic E-state index is 0.0225. The van der Waals surface area contributed by atoms with Gasteiger partial charge in [0.05, 0.1) is 49.7 Å². The Morgan fingerprint density at radius 1 is 0.966 bits per heavy atom. The summed E-state index contributed by atoms with van der Waals surface area (Å²) in [6, 6.07) is 10.8. The monoisotopic (exact) mass is 824 g/mol. The number of benzene rings is 3. The van der Waals surface area contributed by atoms with Crippen molar-refractivity contribution in [3.63, 3.8) is 0 Å². The molecule has 1 saturated heterocycles. The fraction of sp³-hybridized carbons (Fsp3) is 0.293. The van der Waals surface area contributed by atoms with Gasteiger partial charge in [-0.1, -0.05) is 30.0 Å². The van der Waals surface area contributed by atoms with E-state index in [1.54, 1.807) is 35.7 Å². The molecular weight excluding hydrogens is 788 g/mol. The number of thiazole rings is 1. The first-order chi connectivity index (χ1) is 28.6. The molecule has 6 amide bonds. The molecule has 304 valence electrons. The molecule has 7 rings (SSSR count). The Morgan fingerprint density at radius 2 is 1.75 bits per heavy atom. The Morgan fingerprint density at radius 3 is 2.53 bits per heavy atom. The van der Waals surface area contributed by atoms with E-state index in [0.717, 1.165) is 23.1 Å². The van der Waals surface area contributed by atoms with E-state index in [-0.39, 0.29) is 86.6 Å². The minimum Gasteiger partial charge on any atom is -0.508 e. The van der Waals surface area contributed by atoms with Gasteiger partial charge in [0, 0.05) is 47.9 Å². The van der Waals surface area contributed by atoms with Gasteiger partial charge < -0.3 is 29.5 Å². The van der Waals surface area contributed by atoms with Crippen molar-refractivity contribution in [1.29, 1.82) is 0 Å². The van der Waals surface area contributed by atoms with E-state index in [9.17, 15) is 38.3 Å². The normalized spacial score (nSPS) is 16.4. The summed E-state index contributed by atoms with van der Waals surface area (Å²) < 4.78 is 31.1. The molecule has 0 spiro atoms. The number of ether oxygens (including phenoxy) is 3. The van der Waals surface area contributed by atoms with Gasteiger partial charge in [-0.3, -0.25) is 44.3 Å². The number of carbonyl (C=O) groups excluding carboxylic acids is 6. The van der Waals surface area contributed by atoms with E-state index in [1.807, 2.05) is 0 Å². The summed E-state index contributed by atoms with van der Waals surface area (Å²) in [7, 11) is 0. The molecule has 2 atom stereocenters. The predicted molar refractivity (Wildman–Crippen MR) is 209 cm³/mol. The lowest BCUT2D eigenvalue weighted by Gasteiger charge is -2.27. The molecule has 0 aliphatic carbocycles. The van der Waals surface area contributed by atoms with Gasteiger partial charge in [0.25, 0.3) is 23.6 Å². The molecule has 0 saturated carbocycles. The van der Waals surface area contributed by atoms with Crippen LogP contribution in [0.5, 0.6) is 5.75 Å². The lowest BCUT2D eigenvalue weighted by Crippen LogP contribution is -2.54. The van der Waals surface area contributed by atoms with E-state index in [4.69, 9.17) is 14.2 Å². The second-order valence-electron chi connectivity index (χ2n) is 13.4. The predicted octanol–water partition coefficient (Wildman–Crippen LogP) is 3.24. The fourth-order valence-corrected chi connectivity index (χ4v) is 7.50. The summed E-state index contributed by atoms with van der Waals surface area (Å²) in [5, 5.41) is 20.5. The molecule has 3 aliphatic rings. The van der Waals surface area contributed by atoms with Crippen LogP contribution >= 0.6 is 11.3 Å². The number of fused-ring (bicyclic) bond motifs is 2. The van der Waals surface area contributed by atoms with Crippen molar-refractivity contribution in [3.8, 4) is 17.6 Å². The van der Waals surface area contributed by atoms with Crippen LogP contribution in [0.3, 0.4) is 0 Å². The summed E-state index contributed by atoms with van der Waals surface area (Å²) in [5.41, 5.74) is 2.06. The summed E-state index contributed by atoms with van der Waals surface area (Å²) in [5.74, 6) is 1.39. The number of nitrogens with one attached hydrogen (secondary N) is 3. The first-order valence-electron chi connectivity index (χ1n) is 18.5. The van der Waals surface area contributed by atoms with Crippen LogP contribution in [0.15, 0.2) is 66.2 Å². The zero-order valence-corrected chi connectivity index (χ0v) is 32.1. The van der Waals surface area contributed by atoms with Crippen LogP contribution in [-0.2, 0) is 35.1 Å². The zero-order valence-electron chi connectivity index (χ0n) is 31.3. The third-order valence-electron chi connectivity index (χ3n) is 9.64. The highest BCUT2D eigenvalue weighted by molar-refractivity contribution is 7.13. The van der Waals surface area contributed by atoms with Crippen LogP contribution in [0.25, 0.3) is 0 Å². The molecule has 3 aromatic carbocycles. The lowest BCUT2D eigenvalue weighted by atomic mass is 10.0. The molecule has 3 aliphatic heterocycles. The average molecular weight is 825 g/mol. The molecule has 0 bridgehead atoms. The number of piperidine rings is 1. The quantitative estimate of drug-likeness (QED) is 0.0731. The molecule has 18 heteroatoms. The standard InChI is InChI=1S/C41H37FN6O10S/c42-26-9-11-31(49)28(22-26)35(37(52)46-41-44-14-21-59-41)47-23-25-5-1-4-24(33(25)39(47)54)6-3-15-56-17-19-58-20-18-57-16-13-43-29-8-2-7-27-34(29)40(55)48(38(27)53)30-10-12-32(50)45-36(30)51/h1-2,4-5,7-9,11,14,21-22,30,35,43,49H,10,12-13,15-20,23H2,(H,44,46,52)(H,45,50,51)/t30?,35-/m1/s1. The highest BCUT2D eigenvalue weighted by atomic mass is 32.1. The Kier molecular flexibility index (Phi) is 12.7. The van der Waals surface area contributed by atoms with E-state index in [1.165, 1.54) is 28.5 Å². The van der Waals surface area contributed by atoms with Crippen molar-refractivity contribution < 1.29 is 52.5 Å². The molecule has 0 radical (unpaired) electrons. The smallest absolute Gasteiger partial charge is 0.264 e. The Bertz CT molecular complexity index is 2360. The molecule has 1 fully saturated rings. The topological polar surface area (TPSA) is 206 Å². The first-order valence-corrected chi connectivity index (χ1v) is 19.4. The number of imide groups is 2. The highest BCUT2D eigenvalue weighted by Crippen LogP contribution is 2.38. The van der Waals surface area contributed by atoms with E-state index in [2.05, 4.69) is 32.8 Å².